The van der Waals surface area contributed by atoms with Crippen LogP contribution in [-0.4, -0.2) is 12.8 Å². The first-order valence-electron chi connectivity index (χ1n) is 7.07. The Morgan fingerprint density at radius 1 is 1.14 bits per heavy atom. The molecule has 0 aromatic heterocycles. The van der Waals surface area contributed by atoms with E-state index >= 15 is 0 Å². The van der Waals surface area contributed by atoms with E-state index in [-0.39, 0.29) is 25.8 Å². The molecule has 5 nitrogen and oxygen atoms in total. The fraction of sp³-hybridized carbons (Fsp3) is 0.235. The molecule has 2 aromatic carbocycles. The lowest BCUT2D eigenvalue weighted by Crippen LogP contribution is -2.17. The van der Waals surface area contributed by atoms with Crippen molar-refractivity contribution in [2.45, 2.75) is 19.1 Å². The third kappa shape index (κ3) is 3.38. The highest BCUT2D eigenvalue weighted by Crippen LogP contribution is 2.34. The van der Waals surface area contributed by atoms with Gasteiger partial charge in [0, 0.05) is 6.04 Å². The van der Waals surface area contributed by atoms with Crippen molar-refractivity contribution in [1.82, 2.24) is 0 Å². The second kappa shape index (κ2) is 6.49. The van der Waals surface area contributed by atoms with Crippen LogP contribution in [0.3, 0.4) is 0 Å². The molecule has 0 amide bonds. The Labute approximate surface area is 128 Å². The maximum atomic E-state index is 11.9. The summed E-state index contributed by atoms with van der Waals surface area (Å²) < 4.78 is 15.8. The van der Waals surface area contributed by atoms with Gasteiger partial charge in [-0.25, -0.2) is 0 Å². The molecule has 0 saturated heterocycles. The topological polar surface area (TPSA) is 70.8 Å². The summed E-state index contributed by atoms with van der Waals surface area (Å²) >= 11 is 0. The van der Waals surface area contributed by atoms with Crippen molar-refractivity contribution in [3.05, 3.63) is 59.7 Å². The minimum Gasteiger partial charge on any atom is -0.461 e. The van der Waals surface area contributed by atoms with E-state index in [1.165, 1.54) is 0 Å². The van der Waals surface area contributed by atoms with Crippen LogP contribution in [0.5, 0.6) is 11.5 Å². The standard InChI is InChI=1S/C17H17NO4/c18-14(13-6-7-15-16(8-13)22-11-21-15)9-17(19)20-10-12-4-2-1-3-5-12/h1-8,14H,9-11,18H2. The van der Waals surface area contributed by atoms with Crippen molar-refractivity contribution >= 4 is 5.97 Å². The second-order valence-electron chi connectivity index (χ2n) is 5.07. The average Bonchev–Trinajstić information content (AvgIpc) is 3.01. The molecule has 114 valence electrons. The molecular formula is C17H17NO4. The van der Waals surface area contributed by atoms with Crippen LogP contribution < -0.4 is 15.2 Å². The van der Waals surface area contributed by atoms with Crippen LogP contribution in [-0.2, 0) is 16.1 Å². The lowest BCUT2D eigenvalue weighted by Gasteiger charge is -2.12. The highest BCUT2D eigenvalue weighted by molar-refractivity contribution is 5.70. The molecule has 1 unspecified atom stereocenters. The van der Waals surface area contributed by atoms with Gasteiger partial charge in [-0.05, 0) is 23.3 Å². The molecule has 0 spiro atoms. The zero-order valence-corrected chi connectivity index (χ0v) is 12.0. The van der Waals surface area contributed by atoms with Crippen molar-refractivity contribution < 1.29 is 19.0 Å². The first kappa shape index (κ1) is 14.4. The van der Waals surface area contributed by atoms with Gasteiger partial charge in [-0.1, -0.05) is 36.4 Å². The van der Waals surface area contributed by atoms with Gasteiger partial charge < -0.3 is 19.9 Å². The first-order chi connectivity index (χ1) is 10.7. The number of benzene rings is 2. The monoisotopic (exact) mass is 299 g/mol. The van der Waals surface area contributed by atoms with Gasteiger partial charge in [0.2, 0.25) is 6.79 Å². The molecule has 0 saturated carbocycles. The minimum atomic E-state index is -0.433. The molecule has 0 bridgehead atoms. The molecule has 2 N–H and O–H groups in total. The fourth-order valence-electron chi connectivity index (χ4n) is 2.24. The van der Waals surface area contributed by atoms with Crippen LogP contribution in [0.2, 0.25) is 0 Å². The van der Waals surface area contributed by atoms with Gasteiger partial charge in [-0.15, -0.1) is 0 Å². The van der Waals surface area contributed by atoms with Crippen molar-refractivity contribution in [2.75, 3.05) is 6.79 Å². The molecule has 1 heterocycles. The van der Waals surface area contributed by atoms with E-state index < -0.39 is 6.04 Å². The maximum Gasteiger partial charge on any atom is 0.308 e. The van der Waals surface area contributed by atoms with Crippen molar-refractivity contribution in [3.8, 4) is 11.5 Å². The van der Waals surface area contributed by atoms with Crippen LogP contribution in [0.25, 0.3) is 0 Å². The number of ether oxygens (including phenoxy) is 3. The normalized spacial score (nSPS) is 13.7. The van der Waals surface area contributed by atoms with Gasteiger partial charge in [-0.2, -0.15) is 0 Å². The first-order valence-corrected chi connectivity index (χ1v) is 7.07. The Hall–Kier alpha value is -2.53. The second-order valence-corrected chi connectivity index (χ2v) is 5.07. The van der Waals surface area contributed by atoms with Gasteiger partial charge in [0.1, 0.15) is 6.61 Å². The number of hydrogen-bond acceptors (Lipinski definition) is 5. The van der Waals surface area contributed by atoms with Crippen molar-refractivity contribution in [3.63, 3.8) is 0 Å². The number of carbonyl (C=O) groups excluding carboxylic acids is 1. The van der Waals surface area contributed by atoms with Crippen LogP contribution in [0.4, 0.5) is 0 Å². The predicted octanol–water partition coefficient (Wildman–Crippen LogP) is 2.55. The highest BCUT2D eigenvalue weighted by atomic mass is 16.7. The van der Waals surface area contributed by atoms with Gasteiger partial charge in [-0.3, -0.25) is 4.79 Å². The fourth-order valence-corrected chi connectivity index (χ4v) is 2.24. The molecule has 0 radical (unpaired) electrons. The number of rotatable bonds is 5. The molecule has 22 heavy (non-hydrogen) atoms. The molecule has 2 aromatic rings. The van der Waals surface area contributed by atoms with Gasteiger partial charge in [0.25, 0.3) is 0 Å². The number of nitrogens with two attached hydrogens (primary N) is 1. The molecule has 3 rings (SSSR count). The van der Waals surface area contributed by atoms with E-state index in [0.29, 0.717) is 11.5 Å². The minimum absolute atomic E-state index is 0.118. The average molecular weight is 299 g/mol. The van der Waals surface area contributed by atoms with Crippen LogP contribution in [0.15, 0.2) is 48.5 Å². The molecule has 0 aliphatic carbocycles. The molecule has 0 fully saturated rings. The molecule has 1 aliphatic heterocycles. The molecule has 1 atom stereocenters. The number of esters is 1. The van der Waals surface area contributed by atoms with E-state index in [1.54, 1.807) is 12.1 Å². The quantitative estimate of drug-likeness (QED) is 0.859. The Kier molecular flexibility index (Phi) is 4.25. The van der Waals surface area contributed by atoms with E-state index in [1.807, 2.05) is 36.4 Å². The Balaban J connectivity index is 1.55. The Morgan fingerprint density at radius 3 is 2.73 bits per heavy atom. The summed E-state index contributed by atoms with van der Waals surface area (Å²) in [7, 11) is 0. The summed E-state index contributed by atoms with van der Waals surface area (Å²) in [5, 5.41) is 0. The largest absolute Gasteiger partial charge is 0.461 e. The molecule has 1 aliphatic rings. The third-order valence-corrected chi connectivity index (χ3v) is 3.45. The summed E-state index contributed by atoms with van der Waals surface area (Å²) in [5.74, 6) is 1.03. The summed E-state index contributed by atoms with van der Waals surface area (Å²) in [4.78, 5) is 11.9. The molecule has 5 heteroatoms. The van der Waals surface area contributed by atoms with Crippen molar-refractivity contribution in [1.29, 1.82) is 0 Å². The summed E-state index contributed by atoms with van der Waals surface area (Å²) in [6, 6.07) is 14.5. The highest BCUT2D eigenvalue weighted by Gasteiger charge is 2.18. The maximum absolute atomic E-state index is 11.9. The predicted molar refractivity (Wildman–Crippen MR) is 80.3 cm³/mol. The lowest BCUT2D eigenvalue weighted by molar-refractivity contribution is -0.145. The van der Waals surface area contributed by atoms with Gasteiger partial charge in [0.15, 0.2) is 11.5 Å². The number of carbonyl (C=O) groups is 1. The van der Waals surface area contributed by atoms with Crippen LogP contribution >= 0.6 is 0 Å². The summed E-state index contributed by atoms with van der Waals surface area (Å²) in [5.41, 5.74) is 7.83. The van der Waals surface area contributed by atoms with Crippen LogP contribution in [0.1, 0.15) is 23.6 Å². The summed E-state index contributed by atoms with van der Waals surface area (Å²) in [6.45, 7) is 0.473. The van der Waals surface area contributed by atoms with E-state index in [9.17, 15) is 4.79 Å². The van der Waals surface area contributed by atoms with E-state index in [4.69, 9.17) is 19.9 Å². The third-order valence-electron chi connectivity index (χ3n) is 3.45. The zero-order chi connectivity index (χ0) is 15.4. The SMILES string of the molecule is NC(CC(=O)OCc1ccccc1)c1ccc2c(c1)OCO2. The molecular weight excluding hydrogens is 282 g/mol. The smallest absolute Gasteiger partial charge is 0.308 e. The van der Waals surface area contributed by atoms with E-state index in [0.717, 1.165) is 11.1 Å². The number of fused-ring (bicyclic) bond motifs is 1. The summed E-state index contributed by atoms with van der Waals surface area (Å²) in [6.07, 6.45) is 0.118. The Bertz CT molecular complexity index is 657. The van der Waals surface area contributed by atoms with Crippen molar-refractivity contribution in [2.24, 2.45) is 5.73 Å². The van der Waals surface area contributed by atoms with E-state index in [2.05, 4.69) is 0 Å². The van der Waals surface area contributed by atoms with Gasteiger partial charge >= 0.3 is 5.97 Å². The van der Waals surface area contributed by atoms with Crippen LogP contribution in [0, 0.1) is 0 Å². The van der Waals surface area contributed by atoms with Gasteiger partial charge in [0.05, 0.1) is 6.42 Å². The zero-order valence-electron chi connectivity index (χ0n) is 12.0. The lowest BCUT2D eigenvalue weighted by atomic mass is 10.0. The Morgan fingerprint density at radius 2 is 1.91 bits per heavy atom. The number of hydrogen-bond donors (Lipinski definition) is 1.